The molecule has 0 unspecified atom stereocenters. The normalized spacial score (nSPS) is 26.0. The van der Waals surface area contributed by atoms with Gasteiger partial charge in [-0.05, 0) is 24.7 Å². The second-order valence-corrected chi connectivity index (χ2v) is 8.28. The van der Waals surface area contributed by atoms with Crippen LogP contribution < -0.4 is 0 Å². The van der Waals surface area contributed by atoms with Crippen LogP contribution in [0.15, 0.2) is 18.7 Å². The van der Waals surface area contributed by atoms with E-state index in [4.69, 9.17) is 9.47 Å². The maximum absolute atomic E-state index is 6.36. The topological polar surface area (TPSA) is 36.3 Å². The SMILES string of the molecule is CCCCCCCCO[C@@H]1CCC(C)(C)[C@H](OC)[C@H]1Cn1ccnc1. The second-order valence-electron chi connectivity index (χ2n) is 8.28. The average molecular weight is 351 g/mol. The van der Waals surface area contributed by atoms with E-state index in [1.54, 1.807) is 0 Å². The Morgan fingerprint density at radius 1 is 1.16 bits per heavy atom. The minimum Gasteiger partial charge on any atom is -0.380 e. The smallest absolute Gasteiger partial charge is 0.0946 e. The van der Waals surface area contributed by atoms with Gasteiger partial charge in [0.25, 0.3) is 0 Å². The first-order chi connectivity index (χ1) is 12.1. The Bertz CT molecular complexity index is 458. The van der Waals surface area contributed by atoms with Crippen molar-refractivity contribution in [3.05, 3.63) is 18.7 Å². The highest BCUT2D eigenvalue weighted by Crippen LogP contribution is 2.42. The molecule has 4 heteroatoms. The van der Waals surface area contributed by atoms with Crippen molar-refractivity contribution in [2.24, 2.45) is 11.3 Å². The fourth-order valence-corrected chi connectivity index (χ4v) is 4.31. The van der Waals surface area contributed by atoms with Gasteiger partial charge in [0.15, 0.2) is 0 Å². The van der Waals surface area contributed by atoms with Crippen molar-refractivity contribution in [3.8, 4) is 0 Å². The molecule has 0 spiro atoms. The van der Waals surface area contributed by atoms with Crippen LogP contribution in [0.25, 0.3) is 0 Å². The Balaban J connectivity index is 1.87. The lowest BCUT2D eigenvalue weighted by atomic mass is 9.68. The summed E-state index contributed by atoms with van der Waals surface area (Å²) >= 11 is 0. The van der Waals surface area contributed by atoms with E-state index in [-0.39, 0.29) is 17.6 Å². The number of hydrogen-bond acceptors (Lipinski definition) is 3. The third kappa shape index (κ3) is 6.10. The van der Waals surface area contributed by atoms with Crippen molar-refractivity contribution in [1.82, 2.24) is 9.55 Å². The number of rotatable bonds is 11. The monoisotopic (exact) mass is 350 g/mol. The molecule has 0 amide bonds. The molecule has 144 valence electrons. The van der Waals surface area contributed by atoms with E-state index in [1.807, 2.05) is 25.8 Å². The van der Waals surface area contributed by atoms with E-state index in [0.717, 1.165) is 26.0 Å². The predicted molar refractivity (Wildman–Crippen MR) is 103 cm³/mol. The van der Waals surface area contributed by atoms with Gasteiger partial charge in [0, 0.05) is 38.6 Å². The molecule has 1 heterocycles. The van der Waals surface area contributed by atoms with Crippen LogP contribution in [0.4, 0.5) is 0 Å². The third-order valence-corrected chi connectivity index (χ3v) is 5.77. The zero-order valence-corrected chi connectivity index (χ0v) is 16.7. The van der Waals surface area contributed by atoms with Gasteiger partial charge in [-0.3, -0.25) is 0 Å². The Morgan fingerprint density at radius 3 is 2.60 bits per heavy atom. The summed E-state index contributed by atoms with van der Waals surface area (Å²) in [5, 5.41) is 0. The summed E-state index contributed by atoms with van der Waals surface area (Å²) in [6, 6.07) is 0. The van der Waals surface area contributed by atoms with E-state index in [1.165, 1.54) is 38.5 Å². The summed E-state index contributed by atoms with van der Waals surface area (Å²) in [5.41, 5.74) is 0.194. The molecule has 0 aromatic carbocycles. The molecule has 1 aromatic rings. The lowest BCUT2D eigenvalue weighted by molar-refractivity contribution is -0.135. The summed E-state index contributed by atoms with van der Waals surface area (Å²) in [4.78, 5) is 4.19. The molecule has 1 aromatic heterocycles. The van der Waals surface area contributed by atoms with E-state index >= 15 is 0 Å². The molecule has 0 bridgehead atoms. The standard InChI is InChI=1S/C21H38N2O2/c1-5-6-7-8-9-10-15-25-19-11-12-21(2,3)20(24-4)18(19)16-23-14-13-22-17-23/h13-14,17-20H,5-12,15-16H2,1-4H3/t18-,19+,20+/m0/s1. The molecular formula is C21H38N2O2. The number of nitrogens with zero attached hydrogens (tertiary/aromatic N) is 2. The first-order valence-electron chi connectivity index (χ1n) is 10.2. The van der Waals surface area contributed by atoms with Gasteiger partial charge in [-0.1, -0.05) is 52.9 Å². The van der Waals surface area contributed by atoms with Crippen LogP contribution in [0.3, 0.4) is 0 Å². The molecule has 2 rings (SSSR count). The maximum atomic E-state index is 6.36. The van der Waals surface area contributed by atoms with Crippen LogP contribution in [-0.2, 0) is 16.0 Å². The van der Waals surface area contributed by atoms with Gasteiger partial charge in [0.1, 0.15) is 0 Å². The molecule has 1 saturated carbocycles. The second kappa shape index (κ2) is 10.3. The number of methoxy groups -OCH3 is 1. The summed E-state index contributed by atoms with van der Waals surface area (Å²) < 4.78 is 14.5. The molecule has 1 aliphatic carbocycles. The quantitative estimate of drug-likeness (QED) is 0.522. The van der Waals surface area contributed by atoms with Gasteiger partial charge in [0.2, 0.25) is 0 Å². The van der Waals surface area contributed by atoms with Crippen LogP contribution >= 0.6 is 0 Å². The largest absolute Gasteiger partial charge is 0.380 e. The fourth-order valence-electron chi connectivity index (χ4n) is 4.31. The fraction of sp³-hybridized carbons (Fsp3) is 0.857. The van der Waals surface area contributed by atoms with Gasteiger partial charge in [-0.2, -0.15) is 0 Å². The molecular weight excluding hydrogens is 312 g/mol. The van der Waals surface area contributed by atoms with Crippen molar-refractivity contribution in [2.45, 2.75) is 90.9 Å². The van der Waals surface area contributed by atoms with Gasteiger partial charge >= 0.3 is 0 Å². The third-order valence-electron chi connectivity index (χ3n) is 5.77. The molecule has 3 atom stereocenters. The number of aromatic nitrogens is 2. The van der Waals surface area contributed by atoms with Crippen LogP contribution in [0.2, 0.25) is 0 Å². The van der Waals surface area contributed by atoms with Crippen molar-refractivity contribution in [2.75, 3.05) is 13.7 Å². The van der Waals surface area contributed by atoms with Crippen molar-refractivity contribution < 1.29 is 9.47 Å². The van der Waals surface area contributed by atoms with Gasteiger partial charge < -0.3 is 14.0 Å². The first kappa shape index (κ1) is 20.4. The van der Waals surface area contributed by atoms with Crippen LogP contribution in [-0.4, -0.2) is 35.5 Å². The number of hydrogen-bond donors (Lipinski definition) is 0. The first-order valence-corrected chi connectivity index (χ1v) is 10.2. The highest BCUT2D eigenvalue weighted by molar-refractivity contribution is 4.95. The summed E-state index contributed by atoms with van der Waals surface area (Å²) in [5.74, 6) is 0.378. The van der Waals surface area contributed by atoms with Gasteiger partial charge in [-0.15, -0.1) is 0 Å². The highest BCUT2D eigenvalue weighted by atomic mass is 16.5. The molecule has 1 aliphatic rings. The summed E-state index contributed by atoms with van der Waals surface area (Å²) in [7, 11) is 1.85. The highest BCUT2D eigenvalue weighted by Gasteiger charge is 2.44. The molecule has 25 heavy (non-hydrogen) atoms. The number of ether oxygens (including phenoxy) is 2. The van der Waals surface area contributed by atoms with Crippen molar-refractivity contribution >= 4 is 0 Å². The van der Waals surface area contributed by atoms with E-state index in [0.29, 0.717) is 5.92 Å². The minimum absolute atomic E-state index is 0.194. The van der Waals surface area contributed by atoms with E-state index in [2.05, 4.69) is 30.3 Å². The molecule has 1 fully saturated rings. The Labute approximate surface area is 154 Å². The lowest BCUT2D eigenvalue weighted by Gasteiger charge is -2.47. The lowest BCUT2D eigenvalue weighted by Crippen LogP contribution is -2.50. The average Bonchev–Trinajstić information content (AvgIpc) is 3.09. The minimum atomic E-state index is 0.194. The summed E-state index contributed by atoms with van der Waals surface area (Å²) in [6.45, 7) is 8.72. The Kier molecular flexibility index (Phi) is 8.44. The van der Waals surface area contributed by atoms with Crippen LogP contribution in [0.1, 0.15) is 72.1 Å². The van der Waals surface area contributed by atoms with Gasteiger partial charge in [0.05, 0.1) is 18.5 Å². The Hall–Kier alpha value is -0.870. The molecule has 0 N–H and O–H groups in total. The molecule has 0 aliphatic heterocycles. The number of imidazole rings is 1. The summed E-state index contributed by atoms with van der Waals surface area (Å²) in [6.07, 6.45) is 16.4. The maximum Gasteiger partial charge on any atom is 0.0946 e. The number of unbranched alkanes of at least 4 members (excludes halogenated alkanes) is 5. The zero-order valence-electron chi connectivity index (χ0n) is 16.7. The molecule has 4 nitrogen and oxygen atoms in total. The Morgan fingerprint density at radius 2 is 1.92 bits per heavy atom. The zero-order chi connectivity index (χ0) is 18.1. The van der Waals surface area contributed by atoms with Crippen molar-refractivity contribution in [3.63, 3.8) is 0 Å². The van der Waals surface area contributed by atoms with Gasteiger partial charge in [-0.25, -0.2) is 4.98 Å². The van der Waals surface area contributed by atoms with Crippen molar-refractivity contribution in [1.29, 1.82) is 0 Å². The predicted octanol–water partition coefficient (Wildman–Crippen LogP) is 5.08. The van der Waals surface area contributed by atoms with E-state index in [9.17, 15) is 0 Å². The van der Waals surface area contributed by atoms with E-state index < -0.39 is 0 Å². The van der Waals surface area contributed by atoms with Crippen LogP contribution in [0, 0.1) is 11.3 Å². The van der Waals surface area contributed by atoms with Crippen LogP contribution in [0.5, 0.6) is 0 Å². The molecule has 0 radical (unpaired) electrons. The molecule has 0 saturated heterocycles.